The smallest absolute Gasteiger partial charge is 0.238 e. The first-order valence-corrected chi connectivity index (χ1v) is 8.32. The van der Waals surface area contributed by atoms with Crippen molar-refractivity contribution in [2.45, 2.75) is 24.3 Å². The molecule has 1 heterocycles. The molecule has 1 aliphatic heterocycles. The first-order chi connectivity index (χ1) is 9.79. The van der Waals surface area contributed by atoms with E-state index in [1.54, 1.807) is 12.1 Å². The van der Waals surface area contributed by atoms with Crippen molar-refractivity contribution in [3.05, 3.63) is 29.8 Å². The molecule has 2 N–H and O–H groups in total. The summed E-state index contributed by atoms with van der Waals surface area (Å²) in [6, 6.07) is 6.28. The molecule has 0 unspecified atom stereocenters. The zero-order valence-electron chi connectivity index (χ0n) is 12.3. The van der Waals surface area contributed by atoms with Crippen LogP contribution in [0.5, 0.6) is 0 Å². The van der Waals surface area contributed by atoms with Crippen LogP contribution in [0.15, 0.2) is 29.2 Å². The Kier molecular flexibility index (Phi) is 4.69. The van der Waals surface area contributed by atoms with Crippen LogP contribution in [0, 0.1) is 11.8 Å². The molecule has 5 nitrogen and oxygen atoms in total. The zero-order chi connectivity index (χ0) is 15.5. The average Bonchev–Trinajstić information content (AvgIpc) is 2.46. The number of rotatable bonds is 2. The fourth-order valence-corrected chi connectivity index (χ4v) is 2.67. The number of sulfonamides is 1. The number of nitrogens with zero attached hydrogens (tertiary/aromatic N) is 1. The third-order valence-corrected chi connectivity index (χ3v) is 4.43. The first-order valence-electron chi connectivity index (χ1n) is 6.78. The predicted molar refractivity (Wildman–Crippen MR) is 81.2 cm³/mol. The molecule has 0 amide bonds. The lowest BCUT2D eigenvalue weighted by atomic mass is 10.0. The number of benzene rings is 1. The highest BCUT2D eigenvalue weighted by Crippen LogP contribution is 2.15. The molecule has 0 radical (unpaired) electrons. The SMILES string of the molecule is CC(C)(C#Cc1ccc(S(N)(=O)=O)cc1)N1CCOCC1. The lowest BCUT2D eigenvalue weighted by Gasteiger charge is -2.37. The van der Waals surface area contributed by atoms with E-state index in [-0.39, 0.29) is 10.4 Å². The van der Waals surface area contributed by atoms with Crippen molar-refractivity contribution < 1.29 is 13.2 Å². The molecule has 1 fully saturated rings. The van der Waals surface area contributed by atoms with Gasteiger partial charge in [-0.15, -0.1) is 0 Å². The van der Waals surface area contributed by atoms with Crippen molar-refractivity contribution >= 4 is 10.0 Å². The third kappa shape index (κ3) is 4.29. The van der Waals surface area contributed by atoms with Crippen LogP contribution in [0.3, 0.4) is 0 Å². The number of hydrogen-bond acceptors (Lipinski definition) is 4. The Morgan fingerprint density at radius 3 is 2.29 bits per heavy atom. The standard InChI is InChI=1S/C15H20N2O3S/c1-15(2,17-9-11-20-12-10-17)8-7-13-3-5-14(6-4-13)21(16,18)19/h3-6H,9-12H2,1-2H3,(H2,16,18,19). The number of nitrogens with two attached hydrogens (primary N) is 1. The van der Waals surface area contributed by atoms with E-state index in [9.17, 15) is 8.42 Å². The molecule has 0 bridgehead atoms. The van der Waals surface area contributed by atoms with E-state index in [0.29, 0.717) is 0 Å². The normalized spacial score (nSPS) is 17.1. The molecule has 1 saturated heterocycles. The number of primary sulfonamides is 1. The average molecular weight is 308 g/mol. The Morgan fingerprint density at radius 1 is 1.19 bits per heavy atom. The van der Waals surface area contributed by atoms with Crippen molar-refractivity contribution in [2.24, 2.45) is 5.14 Å². The van der Waals surface area contributed by atoms with Crippen LogP contribution in [0.1, 0.15) is 19.4 Å². The second-order valence-electron chi connectivity index (χ2n) is 5.48. The summed E-state index contributed by atoms with van der Waals surface area (Å²) in [7, 11) is -3.65. The molecule has 0 saturated carbocycles. The zero-order valence-corrected chi connectivity index (χ0v) is 13.1. The van der Waals surface area contributed by atoms with E-state index >= 15 is 0 Å². The molecule has 1 aromatic carbocycles. The van der Waals surface area contributed by atoms with Crippen molar-refractivity contribution in [3.63, 3.8) is 0 Å². The Hall–Kier alpha value is -1.39. The maximum Gasteiger partial charge on any atom is 0.238 e. The van der Waals surface area contributed by atoms with Crippen LogP contribution >= 0.6 is 0 Å². The van der Waals surface area contributed by atoms with Crippen LogP contribution in [-0.2, 0) is 14.8 Å². The van der Waals surface area contributed by atoms with Gasteiger partial charge in [-0.2, -0.15) is 0 Å². The summed E-state index contributed by atoms with van der Waals surface area (Å²) >= 11 is 0. The van der Waals surface area contributed by atoms with Gasteiger partial charge in [-0.1, -0.05) is 11.8 Å². The molecular weight excluding hydrogens is 288 g/mol. The van der Waals surface area contributed by atoms with E-state index in [1.165, 1.54) is 12.1 Å². The van der Waals surface area contributed by atoms with Crippen LogP contribution in [-0.4, -0.2) is 45.2 Å². The monoisotopic (exact) mass is 308 g/mol. The molecular formula is C15H20N2O3S. The van der Waals surface area contributed by atoms with Gasteiger partial charge in [0.2, 0.25) is 10.0 Å². The maximum atomic E-state index is 11.2. The van der Waals surface area contributed by atoms with Gasteiger partial charge in [0.1, 0.15) is 0 Å². The Bertz CT molecular complexity index is 648. The van der Waals surface area contributed by atoms with Gasteiger partial charge >= 0.3 is 0 Å². The van der Waals surface area contributed by atoms with Gasteiger partial charge in [0.25, 0.3) is 0 Å². The van der Waals surface area contributed by atoms with E-state index in [0.717, 1.165) is 31.9 Å². The summed E-state index contributed by atoms with van der Waals surface area (Å²) < 4.78 is 27.7. The summed E-state index contributed by atoms with van der Waals surface area (Å²) in [5, 5.41) is 5.07. The van der Waals surface area contributed by atoms with E-state index < -0.39 is 10.0 Å². The van der Waals surface area contributed by atoms with E-state index in [1.807, 2.05) is 0 Å². The van der Waals surface area contributed by atoms with Crippen molar-refractivity contribution in [1.82, 2.24) is 4.90 Å². The van der Waals surface area contributed by atoms with Crippen LogP contribution in [0.2, 0.25) is 0 Å². The molecule has 0 spiro atoms. The second kappa shape index (κ2) is 6.16. The Labute approximate surface area is 126 Å². The van der Waals surface area contributed by atoms with Crippen molar-refractivity contribution in [2.75, 3.05) is 26.3 Å². The van der Waals surface area contributed by atoms with E-state index in [2.05, 4.69) is 30.6 Å². The Balaban J connectivity index is 2.14. The van der Waals surface area contributed by atoms with Crippen molar-refractivity contribution in [3.8, 4) is 11.8 Å². The van der Waals surface area contributed by atoms with Gasteiger partial charge in [-0.3, -0.25) is 4.90 Å². The van der Waals surface area contributed by atoms with Crippen LogP contribution in [0.4, 0.5) is 0 Å². The quantitative estimate of drug-likeness (QED) is 0.820. The summed E-state index contributed by atoms with van der Waals surface area (Å²) in [4.78, 5) is 2.38. The fraction of sp³-hybridized carbons (Fsp3) is 0.467. The minimum atomic E-state index is -3.65. The van der Waals surface area contributed by atoms with Gasteiger partial charge in [0, 0.05) is 18.7 Å². The molecule has 114 valence electrons. The Morgan fingerprint density at radius 2 is 1.76 bits per heavy atom. The molecule has 2 rings (SSSR count). The highest BCUT2D eigenvalue weighted by atomic mass is 32.2. The molecule has 1 aromatic rings. The van der Waals surface area contributed by atoms with Gasteiger partial charge in [0.05, 0.1) is 23.6 Å². The largest absolute Gasteiger partial charge is 0.379 e. The molecule has 21 heavy (non-hydrogen) atoms. The topological polar surface area (TPSA) is 72.6 Å². The van der Waals surface area contributed by atoms with Gasteiger partial charge in [0.15, 0.2) is 0 Å². The lowest BCUT2D eigenvalue weighted by molar-refractivity contribution is 0.00739. The van der Waals surface area contributed by atoms with Gasteiger partial charge in [-0.05, 0) is 38.1 Å². The summed E-state index contributed by atoms with van der Waals surface area (Å²) in [6.45, 7) is 7.34. The summed E-state index contributed by atoms with van der Waals surface area (Å²) in [6.07, 6.45) is 0. The van der Waals surface area contributed by atoms with Crippen LogP contribution < -0.4 is 5.14 Å². The number of morpholine rings is 1. The number of ether oxygens (including phenoxy) is 1. The molecule has 6 heteroatoms. The molecule has 1 aliphatic rings. The molecule has 0 aromatic heterocycles. The third-order valence-electron chi connectivity index (χ3n) is 3.50. The number of hydrogen-bond donors (Lipinski definition) is 1. The summed E-state index contributed by atoms with van der Waals surface area (Å²) in [5.41, 5.74) is 0.520. The fourth-order valence-electron chi connectivity index (χ4n) is 2.15. The summed E-state index contributed by atoms with van der Waals surface area (Å²) in [5.74, 6) is 6.34. The van der Waals surface area contributed by atoms with Gasteiger partial charge in [-0.25, -0.2) is 13.6 Å². The lowest BCUT2D eigenvalue weighted by Crippen LogP contribution is -2.49. The van der Waals surface area contributed by atoms with E-state index in [4.69, 9.17) is 9.88 Å². The van der Waals surface area contributed by atoms with Crippen LogP contribution in [0.25, 0.3) is 0 Å². The predicted octanol–water partition coefficient (Wildman–Crippen LogP) is 0.796. The highest BCUT2D eigenvalue weighted by Gasteiger charge is 2.25. The van der Waals surface area contributed by atoms with Gasteiger partial charge < -0.3 is 4.74 Å². The minimum absolute atomic E-state index is 0.0977. The first kappa shape index (κ1) is 16.0. The molecule has 0 aliphatic carbocycles. The second-order valence-corrected chi connectivity index (χ2v) is 7.04. The maximum absolute atomic E-state index is 11.2. The van der Waals surface area contributed by atoms with Crippen molar-refractivity contribution in [1.29, 1.82) is 0 Å². The molecule has 0 atom stereocenters. The highest BCUT2D eigenvalue weighted by molar-refractivity contribution is 7.89. The minimum Gasteiger partial charge on any atom is -0.379 e.